The molecule has 0 saturated heterocycles. The molecule has 0 N–H and O–H groups in total. The van der Waals surface area contributed by atoms with Crippen molar-refractivity contribution in [2.45, 2.75) is 47.5 Å². The van der Waals surface area contributed by atoms with E-state index in [0.29, 0.717) is 11.1 Å². The lowest BCUT2D eigenvalue weighted by Crippen LogP contribution is -2.11. The van der Waals surface area contributed by atoms with Crippen LogP contribution in [0.25, 0.3) is 66.8 Å². The van der Waals surface area contributed by atoms with Crippen LogP contribution in [0.2, 0.25) is 0 Å². The summed E-state index contributed by atoms with van der Waals surface area (Å²) in [7, 11) is 0. The van der Waals surface area contributed by atoms with Crippen LogP contribution in [0.3, 0.4) is 0 Å². The third-order valence-corrected chi connectivity index (χ3v) is 10.6. The Morgan fingerprint density at radius 3 is 0.905 bits per heavy atom. The molecule has 0 atom stereocenters. The van der Waals surface area contributed by atoms with Gasteiger partial charge in [0.25, 0.3) is 0 Å². The number of esters is 3. The molecule has 0 bridgehead atoms. The van der Waals surface area contributed by atoms with E-state index in [9.17, 15) is 14.4 Å². The van der Waals surface area contributed by atoms with Gasteiger partial charge in [0, 0.05) is 11.1 Å². The van der Waals surface area contributed by atoms with Gasteiger partial charge in [-0.05, 0) is 152 Å². The largest absolute Gasteiger partial charge is 0.461 e. The Labute approximate surface area is 370 Å². The van der Waals surface area contributed by atoms with Gasteiger partial charge in [-0.25, -0.2) is 9.59 Å². The average molecular weight is 831 g/mol. The van der Waals surface area contributed by atoms with E-state index in [4.69, 9.17) is 14.2 Å². The number of hydrogen-bond acceptors (Lipinski definition) is 6. The molecular formula is C57H50O6. The van der Waals surface area contributed by atoms with Crippen molar-refractivity contribution in [1.29, 1.82) is 0 Å². The molecule has 6 heteroatoms. The lowest BCUT2D eigenvalue weighted by Gasteiger charge is -2.14. The van der Waals surface area contributed by atoms with Crippen molar-refractivity contribution in [2.24, 2.45) is 5.92 Å². The average Bonchev–Trinajstić information content (AvgIpc) is 3.31. The van der Waals surface area contributed by atoms with Crippen molar-refractivity contribution in [3.63, 3.8) is 0 Å². The van der Waals surface area contributed by atoms with Gasteiger partial charge in [0.2, 0.25) is 0 Å². The van der Waals surface area contributed by atoms with Crippen LogP contribution in [0.4, 0.5) is 0 Å². The summed E-state index contributed by atoms with van der Waals surface area (Å²) >= 11 is 0. The van der Waals surface area contributed by atoms with Crippen LogP contribution in [-0.2, 0) is 48.4 Å². The van der Waals surface area contributed by atoms with Gasteiger partial charge in [0.15, 0.2) is 0 Å². The SMILES string of the molecule is C=C(C)C(=O)OCc1cccc(-c2cccc(-c3cc(-c4cccc(-c5cccc(COC(=O)C(=C)C)c5)c4)cc(-c4cccc(-c5cccc(COC(=O)C(C)C)c5)c4)c3)c2)c1. The smallest absolute Gasteiger partial charge is 0.333 e. The monoisotopic (exact) mass is 830 g/mol. The minimum absolute atomic E-state index is 0.158. The number of ether oxygens (including phenoxy) is 3. The van der Waals surface area contributed by atoms with E-state index in [2.05, 4.69) is 128 Å². The number of hydrogen-bond donors (Lipinski definition) is 0. The van der Waals surface area contributed by atoms with Gasteiger partial charge in [0.1, 0.15) is 19.8 Å². The predicted octanol–water partition coefficient (Wildman–Crippen LogP) is 13.6. The van der Waals surface area contributed by atoms with Gasteiger partial charge < -0.3 is 14.2 Å². The maximum Gasteiger partial charge on any atom is 0.333 e. The zero-order chi connectivity index (χ0) is 44.5. The summed E-state index contributed by atoms with van der Waals surface area (Å²) < 4.78 is 16.4. The molecule has 63 heavy (non-hydrogen) atoms. The molecule has 0 aliphatic rings. The highest BCUT2D eigenvalue weighted by molar-refractivity contribution is 5.88. The molecule has 0 heterocycles. The van der Waals surface area contributed by atoms with Crippen LogP contribution in [0.1, 0.15) is 44.4 Å². The van der Waals surface area contributed by atoms with E-state index in [1.54, 1.807) is 13.8 Å². The fourth-order valence-corrected chi connectivity index (χ4v) is 7.15. The topological polar surface area (TPSA) is 78.9 Å². The lowest BCUT2D eigenvalue weighted by atomic mass is 9.90. The summed E-state index contributed by atoms with van der Waals surface area (Å²) in [6, 6.07) is 56.3. The number of carbonyl (C=O) groups excluding carboxylic acids is 3. The first-order valence-electron chi connectivity index (χ1n) is 21.0. The number of rotatable bonds is 15. The Kier molecular flexibility index (Phi) is 13.7. The molecule has 7 rings (SSSR count). The molecular weight excluding hydrogens is 781 g/mol. The molecule has 6 nitrogen and oxygen atoms in total. The summed E-state index contributed by atoms with van der Waals surface area (Å²) in [5.74, 6) is -1.24. The predicted molar refractivity (Wildman–Crippen MR) is 253 cm³/mol. The molecule has 314 valence electrons. The fourth-order valence-electron chi connectivity index (χ4n) is 7.15. The zero-order valence-electron chi connectivity index (χ0n) is 36.2. The highest BCUT2D eigenvalue weighted by atomic mass is 16.5. The minimum atomic E-state index is -0.415. The first-order chi connectivity index (χ1) is 30.4. The van der Waals surface area contributed by atoms with Crippen molar-refractivity contribution in [3.8, 4) is 66.8 Å². The summed E-state index contributed by atoms with van der Waals surface area (Å²) in [5.41, 5.74) is 15.8. The Morgan fingerprint density at radius 1 is 0.381 bits per heavy atom. The Bertz CT molecular complexity index is 2710. The molecule has 0 aromatic heterocycles. The maximum atomic E-state index is 12.2. The standard InChI is InChI=1S/C57H50O6/c1-37(2)55(58)61-34-40-13-7-16-43(25-40)46-19-10-22-49(28-46)52-31-53(50-23-11-20-47(29-50)44-17-8-14-41(26-44)35-62-56(59)38(3)4)33-54(32-52)51-24-12-21-48(30-51)45-18-9-15-42(27-45)36-63-57(60)39(5)6/h7-33,39H,1,3,34-36H2,2,4-6H3. The summed E-state index contributed by atoms with van der Waals surface area (Å²) in [4.78, 5) is 36.4. The van der Waals surface area contributed by atoms with Gasteiger partial charge in [-0.3, -0.25) is 4.79 Å². The summed E-state index contributed by atoms with van der Waals surface area (Å²) in [6.07, 6.45) is 0. The highest BCUT2D eigenvalue weighted by Crippen LogP contribution is 2.37. The Balaban J connectivity index is 1.27. The molecule has 0 amide bonds. The Hall–Kier alpha value is -7.57. The van der Waals surface area contributed by atoms with Crippen LogP contribution < -0.4 is 0 Å². The van der Waals surface area contributed by atoms with Crippen LogP contribution in [0.5, 0.6) is 0 Å². The molecule has 0 spiro atoms. The minimum Gasteiger partial charge on any atom is -0.461 e. The fraction of sp³-hybridized carbons (Fsp3) is 0.140. The van der Waals surface area contributed by atoms with Crippen LogP contribution in [-0.4, -0.2) is 17.9 Å². The second-order valence-electron chi connectivity index (χ2n) is 16.1. The first kappa shape index (κ1) is 43.5. The maximum absolute atomic E-state index is 12.2. The molecule has 0 fully saturated rings. The van der Waals surface area contributed by atoms with E-state index in [-0.39, 0.29) is 31.7 Å². The van der Waals surface area contributed by atoms with Gasteiger partial charge in [-0.1, -0.05) is 136 Å². The van der Waals surface area contributed by atoms with Crippen molar-refractivity contribution < 1.29 is 28.6 Å². The molecule has 0 unspecified atom stereocenters. The van der Waals surface area contributed by atoms with E-state index in [1.807, 2.05) is 62.4 Å². The van der Waals surface area contributed by atoms with Crippen LogP contribution >= 0.6 is 0 Å². The molecule has 0 aliphatic carbocycles. The molecule has 7 aromatic rings. The molecule has 0 aliphatic heterocycles. The van der Waals surface area contributed by atoms with Gasteiger partial charge in [0.05, 0.1) is 5.92 Å². The Morgan fingerprint density at radius 2 is 0.619 bits per heavy atom. The molecule has 0 saturated carbocycles. The number of carbonyl (C=O) groups is 3. The molecule has 0 radical (unpaired) electrons. The zero-order valence-corrected chi connectivity index (χ0v) is 36.2. The highest BCUT2D eigenvalue weighted by Gasteiger charge is 2.14. The normalized spacial score (nSPS) is 10.9. The van der Waals surface area contributed by atoms with E-state index in [0.717, 1.165) is 83.5 Å². The van der Waals surface area contributed by atoms with Crippen molar-refractivity contribution in [1.82, 2.24) is 0 Å². The van der Waals surface area contributed by atoms with E-state index >= 15 is 0 Å². The lowest BCUT2D eigenvalue weighted by molar-refractivity contribution is -0.148. The third kappa shape index (κ3) is 11.2. The van der Waals surface area contributed by atoms with Gasteiger partial charge in [-0.15, -0.1) is 0 Å². The summed E-state index contributed by atoms with van der Waals surface area (Å²) in [6.45, 7) is 14.9. The van der Waals surface area contributed by atoms with Crippen molar-refractivity contribution >= 4 is 17.9 Å². The van der Waals surface area contributed by atoms with Crippen LogP contribution in [0, 0.1) is 5.92 Å². The van der Waals surface area contributed by atoms with E-state index in [1.165, 1.54) is 0 Å². The van der Waals surface area contributed by atoms with Crippen LogP contribution in [0.15, 0.2) is 188 Å². The summed E-state index contributed by atoms with van der Waals surface area (Å²) in [5, 5.41) is 0. The van der Waals surface area contributed by atoms with Gasteiger partial charge >= 0.3 is 17.9 Å². The quantitative estimate of drug-likeness (QED) is 0.0582. The number of benzene rings is 7. The van der Waals surface area contributed by atoms with Crippen molar-refractivity contribution in [2.75, 3.05) is 0 Å². The second kappa shape index (κ2) is 19.9. The van der Waals surface area contributed by atoms with Gasteiger partial charge in [-0.2, -0.15) is 0 Å². The molecule has 7 aromatic carbocycles. The van der Waals surface area contributed by atoms with Crippen molar-refractivity contribution in [3.05, 3.63) is 205 Å². The first-order valence-corrected chi connectivity index (χ1v) is 21.0. The third-order valence-electron chi connectivity index (χ3n) is 10.6. The second-order valence-corrected chi connectivity index (χ2v) is 16.1. The van der Waals surface area contributed by atoms with E-state index < -0.39 is 11.9 Å².